The molecule has 1 atom stereocenters. The predicted octanol–water partition coefficient (Wildman–Crippen LogP) is 1.98. The molecular weight excluding hydrogens is 318 g/mol. The number of carbonyl (C=O) groups excluding carboxylic acids is 1. The van der Waals surface area contributed by atoms with Gasteiger partial charge in [-0.3, -0.25) is 4.79 Å². The first-order valence-corrected chi connectivity index (χ1v) is 9.01. The molecule has 0 aliphatic carbocycles. The molecule has 0 bridgehead atoms. The van der Waals surface area contributed by atoms with Gasteiger partial charge in [-0.15, -0.1) is 0 Å². The first-order valence-electron chi connectivity index (χ1n) is 9.01. The molecule has 2 aromatic rings. The molecule has 1 amide bonds. The van der Waals surface area contributed by atoms with Gasteiger partial charge in [0, 0.05) is 51.5 Å². The topological polar surface area (TPSA) is 56.1 Å². The average Bonchev–Trinajstić information content (AvgIpc) is 2.98. The highest BCUT2D eigenvalue weighted by Gasteiger charge is 2.42. The number of imidazole rings is 1. The fraction of sp³-hybridized carbons (Fsp3) is 0.579. The monoisotopic (exact) mass is 343 g/mol. The van der Waals surface area contributed by atoms with E-state index in [0.717, 1.165) is 29.7 Å². The maximum absolute atomic E-state index is 12.9. The first kappa shape index (κ1) is 16.5. The van der Waals surface area contributed by atoms with Crippen molar-refractivity contribution in [3.63, 3.8) is 0 Å². The molecule has 6 heteroatoms. The van der Waals surface area contributed by atoms with E-state index in [0.29, 0.717) is 32.7 Å². The number of pyridine rings is 1. The van der Waals surface area contributed by atoms with E-state index >= 15 is 0 Å². The zero-order chi connectivity index (χ0) is 17.4. The fourth-order valence-corrected chi connectivity index (χ4v) is 3.99. The zero-order valence-corrected chi connectivity index (χ0v) is 14.9. The third-order valence-electron chi connectivity index (χ3n) is 5.22. The van der Waals surface area contributed by atoms with Crippen LogP contribution in [0.1, 0.15) is 31.0 Å². The number of nitrogens with zero attached hydrogens (tertiary/aromatic N) is 3. The Morgan fingerprint density at radius 3 is 2.96 bits per heavy atom. The maximum atomic E-state index is 12.9. The van der Waals surface area contributed by atoms with Gasteiger partial charge in [0.25, 0.3) is 0 Å². The summed E-state index contributed by atoms with van der Waals surface area (Å²) in [6, 6.07) is 4.03. The number of morpholine rings is 1. The molecule has 4 rings (SSSR count). The molecule has 1 spiro atoms. The van der Waals surface area contributed by atoms with Gasteiger partial charge in [0.15, 0.2) is 0 Å². The van der Waals surface area contributed by atoms with E-state index in [1.54, 1.807) is 0 Å². The Morgan fingerprint density at radius 1 is 1.40 bits per heavy atom. The summed E-state index contributed by atoms with van der Waals surface area (Å²) in [5.41, 5.74) is 2.62. The molecule has 2 fully saturated rings. The Kier molecular flexibility index (Phi) is 4.25. The molecule has 0 aromatic carbocycles. The summed E-state index contributed by atoms with van der Waals surface area (Å²) in [5.74, 6) is 0.127. The molecule has 6 nitrogen and oxygen atoms in total. The normalized spacial score (nSPS) is 23.3. The molecule has 2 saturated heterocycles. The highest BCUT2D eigenvalue weighted by atomic mass is 16.5. The van der Waals surface area contributed by atoms with Crippen molar-refractivity contribution in [2.24, 2.45) is 0 Å². The molecule has 0 radical (unpaired) electrons. The molecule has 0 N–H and O–H groups in total. The Balaban J connectivity index is 1.50. The number of rotatable bonds is 2. The van der Waals surface area contributed by atoms with Gasteiger partial charge >= 0.3 is 0 Å². The van der Waals surface area contributed by atoms with Crippen molar-refractivity contribution in [2.45, 2.75) is 44.8 Å². The SMILES string of the molecule is Cc1cccn2cc(CC(=O)N3CC(C)OC4(CCOCC4)C3)nc12. The molecule has 2 aliphatic rings. The quantitative estimate of drug-likeness (QED) is 0.837. The number of amides is 1. The Labute approximate surface area is 147 Å². The van der Waals surface area contributed by atoms with Gasteiger partial charge in [-0.05, 0) is 25.5 Å². The first-order chi connectivity index (χ1) is 12.0. The standard InChI is InChI=1S/C19H25N3O3/c1-14-4-3-7-21-12-16(20-18(14)21)10-17(23)22-11-15(2)25-19(13-22)5-8-24-9-6-19/h3-4,7,12,15H,5-6,8-11,13H2,1-2H3. The van der Waals surface area contributed by atoms with Gasteiger partial charge in [-0.25, -0.2) is 4.98 Å². The van der Waals surface area contributed by atoms with Gasteiger partial charge in [0.2, 0.25) is 5.91 Å². The summed E-state index contributed by atoms with van der Waals surface area (Å²) < 4.78 is 13.7. The lowest BCUT2D eigenvalue weighted by Crippen LogP contribution is -2.58. The van der Waals surface area contributed by atoms with E-state index in [-0.39, 0.29) is 17.6 Å². The summed E-state index contributed by atoms with van der Waals surface area (Å²) in [7, 11) is 0. The molecule has 25 heavy (non-hydrogen) atoms. The van der Waals surface area contributed by atoms with Gasteiger partial charge in [-0.1, -0.05) is 6.07 Å². The van der Waals surface area contributed by atoms with E-state index in [4.69, 9.17) is 9.47 Å². The van der Waals surface area contributed by atoms with Gasteiger partial charge in [0.05, 0.1) is 23.8 Å². The van der Waals surface area contributed by atoms with Crippen LogP contribution in [0.4, 0.5) is 0 Å². The highest BCUT2D eigenvalue weighted by Crippen LogP contribution is 2.31. The Morgan fingerprint density at radius 2 is 2.20 bits per heavy atom. The molecule has 4 heterocycles. The second-order valence-corrected chi connectivity index (χ2v) is 7.33. The second kappa shape index (κ2) is 6.42. The molecule has 134 valence electrons. The number of aromatic nitrogens is 2. The molecule has 2 aliphatic heterocycles. The van der Waals surface area contributed by atoms with E-state index in [1.165, 1.54) is 0 Å². The number of fused-ring (bicyclic) bond motifs is 1. The summed E-state index contributed by atoms with van der Waals surface area (Å²) in [5, 5.41) is 0. The van der Waals surface area contributed by atoms with Crippen LogP contribution >= 0.6 is 0 Å². The van der Waals surface area contributed by atoms with Crippen LogP contribution in [0.25, 0.3) is 5.65 Å². The lowest BCUT2D eigenvalue weighted by atomic mass is 9.91. The number of aryl methyl sites for hydroxylation is 1. The van der Waals surface area contributed by atoms with Crippen LogP contribution in [0, 0.1) is 6.92 Å². The van der Waals surface area contributed by atoms with Gasteiger partial charge in [0.1, 0.15) is 5.65 Å². The minimum atomic E-state index is -0.235. The number of hydrogen-bond acceptors (Lipinski definition) is 4. The van der Waals surface area contributed by atoms with Crippen molar-refractivity contribution in [3.05, 3.63) is 35.8 Å². The second-order valence-electron chi connectivity index (χ2n) is 7.33. The minimum Gasteiger partial charge on any atom is -0.381 e. The Bertz CT molecular complexity index is 779. The van der Waals surface area contributed by atoms with Crippen LogP contribution < -0.4 is 0 Å². The molecule has 0 saturated carbocycles. The third kappa shape index (κ3) is 3.28. The highest BCUT2D eigenvalue weighted by molar-refractivity contribution is 5.78. The fourth-order valence-electron chi connectivity index (χ4n) is 3.99. The molecule has 1 unspecified atom stereocenters. The van der Waals surface area contributed by atoms with E-state index in [1.807, 2.05) is 47.7 Å². The number of carbonyl (C=O) groups is 1. The minimum absolute atomic E-state index is 0.0547. The lowest BCUT2D eigenvalue weighted by Gasteiger charge is -2.47. The summed E-state index contributed by atoms with van der Waals surface area (Å²) in [6.07, 6.45) is 6.02. The van der Waals surface area contributed by atoms with E-state index < -0.39 is 0 Å². The third-order valence-corrected chi connectivity index (χ3v) is 5.22. The van der Waals surface area contributed by atoms with Gasteiger partial charge < -0.3 is 18.8 Å². The summed E-state index contributed by atoms with van der Waals surface area (Å²) in [6.45, 7) is 6.80. The van der Waals surface area contributed by atoms with Crippen molar-refractivity contribution < 1.29 is 14.3 Å². The Hall–Kier alpha value is -1.92. The predicted molar refractivity (Wildman–Crippen MR) is 93.5 cm³/mol. The van der Waals surface area contributed by atoms with Crippen LogP contribution in [-0.4, -0.2) is 58.2 Å². The van der Waals surface area contributed by atoms with Crippen molar-refractivity contribution in [2.75, 3.05) is 26.3 Å². The number of hydrogen-bond donors (Lipinski definition) is 0. The van der Waals surface area contributed by atoms with Crippen molar-refractivity contribution in [3.8, 4) is 0 Å². The van der Waals surface area contributed by atoms with Crippen molar-refractivity contribution in [1.29, 1.82) is 0 Å². The average molecular weight is 343 g/mol. The van der Waals surface area contributed by atoms with Crippen molar-refractivity contribution in [1.82, 2.24) is 14.3 Å². The van der Waals surface area contributed by atoms with Crippen LogP contribution in [-0.2, 0) is 20.7 Å². The van der Waals surface area contributed by atoms with Crippen molar-refractivity contribution >= 4 is 11.6 Å². The van der Waals surface area contributed by atoms with Gasteiger partial charge in [-0.2, -0.15) is 0 Å². The van der Waals surface area contributed by atoms with Crippen LogP contribution in [0.5, 0.6) is 0 Å². The molecule has 2 aromatic heterocycles. The van der Waals surface area contributed by atoms with E-state index in [9.17, 15) is 4.79 Å². The largest absolute Gasteiger partial charge is 0.381 e. The molecular formula is C19H25N3O3. The van der Waals surface area contributed by atoms with Crippen LogP contribution in [0.3, 0.4) is 0 Å². The maximum Gasteiger partial charge on any atom is 0.228 e. The number of ether oxygens (including phenoxy) is 2. The smallest absolute Gasteiger partial charge is 0.228 e. The van der Waals surface area contributed by atoms with Crippen LogP contribution in [0.15, 0.2) is 24.5 Å². The van der Waals surface area contributed by atoms with Crippen LogP contribution in [0.2, 0.25) is 0 Å². The zero-order valence-electron chi connectivity index (χ0n) is 14.9. The van der Waals surface area contributed by atoms with E-state index in [2.05, 4.69) is 4.98 Å². The lowest BCUT2D eigenvalue weighted by molar-refractivity contribution is -0.189. The summed E-state index contributed by atoms with van der Waals surface area (Å²) in [4.78, 5) is 19.5. The summed E-state index contributed by atoms with van der Waals surface area (Å²) >= 11 is 0.